The third-order valence-corrected chi connectivity index (χ3v) is 3.19. The molecule has 90 valence electrons. The van der Waals surface area contributed by atoms with E-state index in [1.54, 1.807) is 10.7 Å². The quantitative estimate of drug-likeness (QED) is 0.939. The Morgan fingerprint density at radius 1 is 1.41 bits per heavy atom. The topological polar surface area (TPSA) is 42.7 Å². The highest BCUT2D eigenvalue weighted by Gasteiger charge is 2.03. The van der Waals surface area contributed by atoms with Crippen molar-refractivity contribution >= 4 is 15.9 Å². The summed E-state index contributed by atoms with van der Waals surface area (Å²) in [6.07, 6.45) is 1.51. The van der Waals surface area contributed by atoms with Gasteiger partial charge in [-0.3, -0.25) is 4.68 Å². The lowest BCUT2D eigenvalue weighted by Gasteiger charge is -2.06. The zero-order valence-electron chi connectivity index (χ0n) is 9.32. The minimum atomic E-state index is -0.233. The molecule has 6 heteroatoms. The molecule has 0 saturated heterocycles. The van der Waals surface area contributed by atoms with E-state index in [9.17, 15) is 4.39 Å². The lowest BCUT2D eigenvalue weighted by Crippen LogP contribution is -2.16. The number of aromatic nitrogens is 3. The Hall–Kier alpha value is -1.27. The van der Waals surface area contributed by atoms with Crippen LogP contribution in [0.5, 0.6) is 0 Å². The molecular formula is C11H12BrFN4. The van der Waals surface area contributed by atoms with Gasteiger partial charge in [-0.15, -0.1) is 0 Å². The SMILES string of the molecule is Cn1ncnc1CNCc1cc(F)ccc1Br. The first-order valence-corrected chi connectivity index (χ1v) is 5.93. The standard InChI is InChI=1S/C11H12BrFN4/c1-17-11(15-7-16-17)6-14-5-8-4-9(13)2-3-10(8)12/h2-4,7,14H,5-6H2,1H3. The van der Waals surface area contributed by atoms with Crippen LogP contribution in [0.25, 0.3) is 0 Å². The Morgan fingerprint density at radius 2 is 2.24 bits per heavy atom. The smallest absolute Gasteiger partial charge is 0.140 e. The van der Waals surface area contributed by atoms with Crippen molar-refractivity contribution in [3.05, 3.63) is 46.2 Å². The molecule has 4 nitrogen and oxygen atoms in total. The van der Waals surface area contributed by atoms with E-state index in [1.807, 2.05) is 7.05 Å². The second kappa shape index (κ2) is 5.37. The van der Waals surface area contributed by atoms with E-state index in [4.69, 9.17) is 0 Å². The molecule has 1 aromatic heterocycles. The van der Waals surface area contributed by atoms with Crippen LogP contribution in [-0.2, 0) is 20.1 Å². The fourth-order valence-corrected chi connectivity index (χ4v) is 1.85. The average molecular weight is 299 g/mol. The highest BCUT2D eigenvalue weighted by Crippen LogP contribution is 2.17. The summed E-state index contributed by atoms with van der Waals surface area (Å²) in [7, 11) is 1.84. The van der Waals surface area contributed by atoms with Crippen LogP contribution in [0.2, 0.25) is 0 Å². The molecule has 0 unspecified atom stereocenters. The molecule has 0 aliphatic carbocycles. The first-order valence-electron chi connectivity index (χ1n) is 5.14. The molecule has 1 aromatic carbocycles. The lowest BCUT2D eigenvalue weighted by atomic mass is 10.2. The van der Waals surface area contributed by atoms with Gasteiger partial charge in [-0.2, -0.15) is 5.10 Å². The Labute approximate surface area is 107 Å². The summed E-state index contributed by atoms with van der Waals surface area (Å²) in [5, 5.41) is 7.16. The summed E-state index contributed by atoms with van der Waals surface area (Å²) in [4.78, 5) is 4.09. The average Bonchev–Trinajstić information content (AvgIpc) is 2.70. The second-order valence-corrected chi connectivity index (χ2v) is 4.49. The minimum absolute atomic E-state index is 0.233. The number of nitrogens with zero attached hydrogens (tertiary/aromatic N) is 3. The molecule has 0 saturated carbocycles. The van der Waals surface area contributed by atoms with Crippen molar-refractivity contribution in [2.75, 3.05) is 0 Å². The highest BCUT2D eigenvalue weighted by atomic mass is 79.9. The number of nitrogens with one attached hydrogen (secondary N) is 1. The van der Waals surface area contributed by atoms with Crippen LogP contribution < -0.4 is 5.32 Å². The van der Waals surface area contributed by atoms with Gasteiger partial charge in [0.25, 0.3) is 0 Å². The van der Waals surface area contributed by atoms with Gasteiger partial charge in [0, 0.05) is 18.1 Å². The summed E-state index contributed by atoms with van der Waals surface area (Å²) in [6, 6.07) is 4.64. The largest absolute Gasteiger partial charge is 0.306 e. The number of hydrogen-bond acceptors (Lipinski definition) is 3. The predicted molar refractivity (Wildman–Crippen MR) is 65.6 cm³/mol. The molecule has 0 atom stereocenters. The van der Waals surface area contributed by atoms with E-state index in [1.165, 1.54) is 18.5 Å². The van der Waals surface area contributed by atoms with Gasteiger partial charge in [-0.05, 0) is 23.8 Å². The maximum Gasteiger partial charge on any atom is 0.140 e. The zero-order valence-corrected chi connectivity index (χ0v) is 10.9. The maximum absolute atomic E-state index is 13.0. The first kappa shape index (κ1) is 12.2. The molecule has 0 radical (unpaired) electrons. The molecule has 2 aromatic rings. The van der Waals surface area contributed by atoms with Gasteiger partial charge in [0.2, 0.25) is 0 Å². The second-order valence-electron chi connectivity index (χ2n) is 3.64. The van der Waals surface area contributed by atoms with Gasteiger partial charge < -0.3 is 5.32 Å². The molecule has 0 aliphatic heterocycles. The molecule has 0 spiro atoms. The molecule has 0 amide bonds. The summed E-state index contributed by atoms with van der Waals surface area (Å²) in [5.41, 5.74) is 0.882. The predicted octanol–water partition coefficient (Wildman–Crippen LogP) is 2.01. The van der Waals surface area contributed by atoms with E-state index >= 15 is 0 Å². The van der Waals surface area contributed by atoms with Crippen LogP contribution in [0.15, 0.2) is 29.0 Å². The van der Waals surface area contributed by atoms with E-state index in [0.29, 0.717) is 13.1 Å². The van der Waals surface area contributed by atoms with Crippen LogP contribution in [0.4, 0.5) is 4.39 Å². The van der Waals surface area contributed by atoms with Gasteiger partial charge in [-0.1, -0.05) is 15.9 Å². The first-order chi connectivity index (χ1) is 8.16. The number of hydrogen-bond donors (Lipinski definition) is 1. The van der Waals surface area contributed by atoms with Gasteiger partial charge in [0.1, 0.15) is 18.0 Å². The van der Waals surface area contributed by atoms with E-state index in [2.05, 4.69) is 31.3 Å². The van der Waals surface area contributed by atoms with Crippen molar-refractivity contribution in [2.45, 2.75) is 13.1 Å². The van der Waals surface area contributed by atoms with E-state index in [-0.39, 0.29) is 5.82 Å². The lowest BCUT2D eigenvalue weighted by molar-refractivity contribution is 0.602. The summed E-state index contributed by atoms with van der Waals surface area (Å²) >= 11 is 3.38. The number of rotatable bonds is 4. The van der Waals surface area contributed by atoms with Crippen molar-refractivity contribution in [3.8, 4) is 0 Å². The number of benzene rings is 1. The Kier molecular flexibility index (Phi) is 3.86. The molecule has 1 heterocycles. The zero-order chi connectivity index (χ0) is 12.3. The van der Waals surface area contributed by atoms with Crippen molar-refractivity contribution in [2.24, 2.45) is 7.05 Å². The summed E-state index contributed by atoms with van der Waals surface area (Å²) in [6.45, 7) is 1.17. The third-order valence-electron chi connectivity index (χ3n) is 2.41. The molecule has 2 rings (SSSR count). The van der Waals surface area contributed by atoms with Gasteiger partial charge in [0.15, 0.2) is 0 Å². The fourth-order valence-electron chi connectivity index (χ4n) is 1.47. The Morgan fingerprint density at radius 3 is 2.94 bits per heavy atom. The third kappa shape index (κ3) is 3.10. The van der Waals surface area contributed by atoms with Crippen LogP contribution in [0, 0.1) is 5.82 Å². The molecule has 17 heavy (non-hydrogen) atoms. The van der Waals surface area contributed by atoms with Crippen LogP contribution in [-0.4, -0.2) is 14.8 Å². The van der Waals surface area contributed by atoms with Crippen LogP contribution in [0.1, 0.15) is 11.4 Å². The Balaban J connectivity index is 1.94. The normalized spacial score (nSPS) is 10.8. The number of halogens is 2. The highest BCUT2D eigenvalue weighted by molar-refractivity contribution is 9.10. The van der Waals surface area contributed by atoms with Gasteiger partial charge in [0.05, 0.1) is 6.54 Å². The molecule has 0 fully saturated rings. The van der Waals surface area contributed by atoms with Crippen LogP contribution >= 0.6 is 15.9 Å². The minimum Gasteiger partial charge on any atom is -0.306 e. The summed E-state index contributed by atoms with van der Waals surface area (Å²) in [5.74, 6) is 0.612. The molecule has 0 bridgehead atoms. The monoisotopic (exact) mass is 298 g/mol. The Bertz CT molecular complexity index is 512. The van der Waals surface area contributed by atoms with Crippen molar-refractivity contribution in [3.63, 3.8) is 0 Å². The molecular weight excluding hydrogens is 287 g/mol. The molecule has 0 aliphatic rings. The van der Waals surface area contributed by atoms with E-state index in [0.717, 1.165) is 15.9 Å². The van der Waals surface area contributed by atoms with Crippen molar-refractivity contribution < 1.29 is 4.39 Å². The van der Waals surface area contributed by atoms with Crippen LogP contribution in [0.3, 0.4) is 0 Å². The van der Waals surface area contributed by atoms with Gasteiger partial charge in [-0.25, -0.2) is 9.37 Å². The van der Waals surface area contributed by atoms with Crippen molar-refractivity contribution in [1.29, 1.82) is 0 Å². The molecule has 1 N–H and O–H groups in total. The van der Waals surface area contributed by atoms with E-state index < -0.39 is 0 Å². The summed E-state index contributed by atoms with van der Waals surface area (Å²) < 4.78 is 15.6. The maximum atomic E-state index is 13.0. The number of aryl methyl sites for hydroxylation is 1. The van der Waals surface area contributed by atoms with Gasteiger partial charge >= 0.3 is 0 Å². The van der Waals surface area contributed by atoms with Crippen molar-refractivity contribution in [1.82, 2.24) is 20.1 Å². The fraction of sp³-hybridized carbons (Fsp3) is 0.273.